The Morgan fingerprint density at radius 1 is 1.29 bits per heavy atom. The first-order chi connectivity index (χ1) is 8.08. The van der Waals surface area contributed by atoms with E-state index in [1.165, 1.54) is 5.69 Å². The van der Waals surface area contributed by atoms with E-state index < -0.39 is 0 Å². The van der Waals surface area contributed by atoms with Crippen LogP contribution in [-0.4, -0.2) is 19.0 Å². The third kappa shape index (κ3) is 3.97. The van der Waals surface area contributed by atoms with Gasteiger partial charge in [0.05, 0.1) is 0 Å². The van der Waals surface area contributed by atoms with Gasteiger partial charge in [0, 0.05) is 30.4 Å². The highest BCUT2D eigenvalue weighted by Crippen LogP contribution is 2.25. The number of nitrogens with zero attached hydrogens (tertiary/aromatic N) is 1. The predicted octanol–water partition coefficient (Wildman–Crippen LogP) is 2.38. The van der Waals surface area contributed by atoms with E-state index >= 15 is 0 Å². The Morgan fingerprint density at radius 3 is 2.24 bits per heavy atom. The van der Waals surface area contributed by atoms with Crippen molar-refractivity contribution in [1.82, 2.24) is 0 Å². The lowest BCUT2D eigenvalue weighted by Crippen LogP contribution is -2.21. The van der Waals surface area contributed by atoms with Gasteiger partial charge in [0.15, 0.2) is 0 Å². The Kier molecular flexibility index (Phi) is 5.35. The van der Waals surface area contributed by atoms with Crippen LogP contribution in [0.2, 0.25) is 0 Å². The number of thiol groups is 1. The minimum absolute atomic E-state index is 0.113. The lowest BCUT2D eigenvalue weighted by atomic mass is 10.1. The maximum absolute atomic E-state index is 10.8. The molecule has 0 saturated carbocycles. The van der Waals surface area contributed by atoms with Crippen molar-refractivity contribution in [3.8, 4) is 0 Å². The SMILES string of the molecule is CCN(CC)c1ccc(C(S)CC(N)=O)cc1. The first-order valence-electron chi connectivity index (χ1n) is 5.89. The van der Waals surface area contributed by atoms with Crippen LogP contribution in [0.1, 0.15) is 31.1 Å². The molecule has 0 aliphatic carbocycles. The second kappa shape index (κ2) is 6.55. The molecule has 1 amide bonds. The molecule has 1 unspecified atom stereocenters. The second-order valence-electron chi connectivity index (χ2n) is 3.95. The van der Waals surface area contributed by atoms with E-state index in [4.69, 9.17) is 5.73 Å². The molecule has 0 aromatic heterocycles. The maximum Gasteiger partial charge on any atom is 0.218 e. The molecule has 17 heavy (non-hydrogen) atoms. The average molecular weight is 252 g/mol. The Labute approximate surface area is 108 Å². The van der Waals surface area contributed by atoms with Crippen LogP contribution in [0, 0.1) is 0 Å². The number of carbonyl (C=O) groups is 1. The summed E-state index contributed by atoms with van der Waals surface area (Å²) in [5, 5.41) is -0.113. The molecule has 1 aromatic rings. The fourth-order valence-corrected chi connectivity index (χ4v) is 2.16. The summed E-state index contributed by atoms with van der Waals surface area (Å²) in [6.07, 6.45) is 0.272. The lowest BCUT2D eigenvalue weighted by molar-refractivity contribution is -0.118. The number of hydrogen-bond acceptors (Lipinski definition) is 3. The molecule has 0 aliphatic rings. The van der Waals surface area contributed by atoms with E-state index in [9.17, 15) is 4.79 Å². The zero-order chi connectivity index (χ0) is 12.8. The van der Waals surface area contributed by atoms with E-state index in [2.05, 4.69) is 43.5 Å². The highest BCUT2D eigenvalue weighted by molar-refractivity contribution is 7.80. The largest absolute Gasteiger partial charge is 0.372 e. The Bertz CT molecular complexity index is 360. The molecule has 94 valence electrons. The van der Waals surface area contributed by atoms with Gasteiger partial charge in [-0.3, -0.25) is 4.79 Å². The molecule has 0 fully saturated rings. The number of carbonyl (C=O) groups excluding carboxylic acids is 1. The van der Waals surface area contributed by atoms with Gasteiger partial charge in [-0.1, -0.05) is 12.1 Å². The standard InChI is InChI=1S/C13H20N2OS/c1-3-15(4-2)11-7-5-10(6-8-11)12(17)9-13(14)16/h5-8,12,17H,3-4,9H2,1-2H3,(H2,14,16). The fraction of sp³-hybridized carbons (Fsp3) is 0.462. The molecule has 0 heterocycles. The van der Waals surface area contributed by atoms with Crippen LogP contribution in [0.4, 0.5) is 5.69 Å². The molecule has 4 heteroatoms. The zero-order valence-corrected chi connectivity index (χ0v) is 11.3. The van der Waals surface area contributed by atoms with Crippen LogP contribution in [0.3, 0.4) is 0 Å². The summed E-state index contributed by atoms with van der Waals surface area (Å²) < 4.78 is 0. The van der Waals surface area contributed by atoms with Crippen molar-refractivity contribution < 1.29 is 4.79 Å². The molecule has 0 saturated heterocycles. The topological polar surface area (TPSA) is 46.3 Å². The van der Waals surface area contributed by atoms with Crippen molar-refractivity contribution in [2.75, 3.05) is 18.0 Å². The molecule has 3 nitrogen and oxygen atoms in total. The molecule has 0 aliphatic heterocycles. The molecule has 2 N–H and O–H groups in total. The van der Waals surface area contributed by atoms with Crippen LogP contribution in [0.5, 0.6) is 0 Å². The first-order valence-corrected chi connectivity index (χ1v) is 6.41. The first kappa shape index (κ1) is 13.9. The number of amides is 1. The Hall–Kier alpha value is -1.16. The van der Waals surface area contributed by atoms with Crippen molar-refractivity contribution in [1.29, 1.82) is 0 Å². The molecule has 1 rings (SSSR count). The summed E-state index contributed by atoms with van der Waals surface area (Å²) in [4.78, 5) is 13.1. The summed E-state index contributed by atoms with van der Waals surface area (Å²) in [6.45, 7) is 6.24. The third-order valence-corrected chi connectivity index (χ3v) is 3.28. The molecule has 1 aromatic carbocycles. The van der Waals surface area contributed by atoms with E-state index in [1.54, 1.807) is 0 Å². The summed E-state index contributed by atoms with van der Waals surface area (Å²) in [7, 11) is 0. The number of primary amides is 1. The van der Waals surface area contributed by atoms with Crippen LogP contribution < -0.4 is 10.6 Å². The van der Waals surface area contributed by atoms with Gasteiger partial charge in [-0.15, -0.1) is 0 Å². The van der Waals surface area contributed by atoms with E-state index in [0.29, 0.717) is 0 Å². The smallest absolute Gasteiger partial charge is 0.218 e. The van der Waals surface area contributed by atoms with Crippen LogP contribution in [0.15, 0.2) is 24.3 Å². The summed E-state index contributed by atoms with van der Waals surface area (Å²) in [6, 6.07) is 8.14. The zero-order valence-electron chi connectivity index (χ0n) is 10.4. The molecular weight excluding hydrogens is 232 g/mol. The van der Waals surface area contributed by atoms with Gasteiger partial charge in [0.1, 0.15) is 0 Å². The number of anilines is 1. The van der Waals surface area contributed by atoms with Gasteiger partial charge in [-0.25, -0.2) is 0 Å². The van der Waals surface area contributed by atoms with E-state index in [0.717, 1.165) is 18.7 Å². The number of benzene rings is 1. The predicted molar refractivity (Wildman–Crippen MR) is 75.5 cm³/mol. The average Bonchev–Trinajstić information content (AvgIpc) is 2.30. The van der Waals surface area contributed by atoms with Gasteiger partial charge < -0.3 is 10.6 Å². The summed E-state index contributed by atoms with van der Waals surface area (Å²) in [5.41, 5.74) is 7.38. The molecule has 0 bridgehead atoms. The summed E-state index contributed by atoms with van der Waals surface area (Å²) in [5.74, 6) is -0.321. The van der Waals surface area contributed by atoms with Gasteiger partial charge in [-0.05, 0) is 31.5 Å². The van der Waals surface area contributed by atoms with Crippen molar-refractivity contribution >= 4 is 24.2 Å². The van der Waals surface area contributed by atoms with Gasteiger partial charge in [0.25, 0.3) is 0 Å². The van der Waals surface area contributed by atoms with E-state index in [1.807, 2.05) is 12.1 Å². The van der Waals surface area contributed by atoms with Crippen molar-refractivity contribution in [3.63, 3.8) is 0 Å². The molecular formula is C13H20N2OS. The second-order valence-corrected chi connectivity index (χ2v) is 4.57. The van der Waals surface area contributed by atoms with Gasteiger partial charge in [-0.2, -0.15) is 12.6 Å². The Morgan fingerprint density at radius 2 is 1.82 bits per heavy atom. The third-order valence-electron chi connectivity index (χ3n) is 2.80. The monoisotopic (exact) mass is 252 g/mol. The highest BCUT2D eigenvalue weighted by atomic mass is 32.1. The van der Waals surface area contributed by atoms with Crippen molar-refractivity contribution in [2.45, 2.75) is 25.5 Å². The van der Waals surface area contributed by atoms with Crippen LogP contribution in [0.25, 0.3) is 0 Å². The maximum atomic E-state index is 10.8. The quantitative estimate of drug-likeness (QED) is 0.764. The Balaban J connectivity index is 2.76. The minimum Gasteiger partial charge on any atom is -0.372 e. The van der Waals surface area contributed by atoms with Gasteiger partial charge >= 0.3 is 0 Å². The molecule has 0 radical (unpaired) electrons. The number of hydrogen-bond donors (Lipinski definition) is 2. The molecule has 0 spiro atoms. The summed E-state index contributed by atoms with van der Waals surface area (Å²) >= 11 is 4.38. The lowest BCUT2D eigenvalue weighted by Gasteiger charge is -2.21. The van der Waals surface area contributed by atoms with Crippen LogP contribution in [-0.2, 0) is 4.79 Å². The van der Waals surface area contributed by atoms with Crippen molar-refractivity contribution in [3.05, 3.63) is 29.8 Å². The van der Waals surface area contributed by atoms with Crippen molar-refractivity contribution in [2.24, 2.45) is 5.73 Å². The normalized spacial score (nSPS) is 12.2. The van der Waals surface area contributed by atoms with Crippen LogP contribution >= 0.6 is 12.6 Å². The van der Waals surface area contributed by atoms with E-state index in [-0.39, 0.29) is 17.6 Å². The van der Waals surface area contributed by atoms with Gasteiger partial charge in [0.2, 0.25) is 5.91 Å². The number of rotatable bonds is 6. The molecule has 1 atom stereocenters. The number of nitrogens with two attached hydrogens (primary N) is 1. The highest BCUT2D eigenvalue weighted by Gasteiger charge is 2.10. The fourth-order valence-electron chi connectivity index (χ4n) is 1.80. The minimum atomic E-state index is -0.321.